The third-order valence-corrected chi connectivity index (χ3v) is 3.80. The Morgan fingerprint density at radius 1 is 1.25 bits per heavy atom. The summed E-state index contributed by atoms with van der Waals surface area (Å²) < 4.78 is 38.8. The summed E-state index contributed by atoms with van der Waals surface area (Å²) in [4.78, 5) is 4.53. The van der Waals surface area contributed by atoms with Crippen LogP contribution in [0.15, 0.2) is 29.3 Å². The average molecular weight is 283 g/mol. The molecule has 0 radical (unpaired) electrons. The Bertz CT molecular complexity index is 525. The van der Waals surface area contributed by atoms with Gasteiger partial charge in [-0.1, -0.05) is 18.2 Å². The Morgan fingerprint density at radius 3 is 2.80 bits per heavy atom. The molecule has 2 aliphatic heterocycles. The molecule has 20 heavy (non-hydrogen) atoms. The fraction of sp³-hybridized carbons (Fsp3) is 0.500. The van der Waals surface area contributed by atoms with E-state index in [2.05, 4.69) is 15.6 Å². The molecule has 3 rings (SSSR count). The number of halogens is 3. The first-order chi connectivity index (χ1) is 9.54. The number of amidine groups is 1. The van der Waals surface area contributed by atoms with E-state index in [0.717, 1.165) is 25.6 Å². The van der Waals surface area contributed by atoms with Crippen molar-refractivity contribution in [3.8, 4) is 0 Å². The lowest BCUT2D eigenvalue weighted by molar-refractivity contribution is -0.138. The van der Waals surface area contributed by atoms with Gasteiger partial charge in [0, 0.05) is 13.0 Å². The fourth-order valence-electron chi connectivity index (χ4n) is 2.83. The molecule has 0 aliphatic carbocycles. The van der Waals surface area contributed by atoms with Crippen LogP contribution in [0, 0.1) is 0 Å². The van der Waals surface area contributed by atoms with Crippen molar-refractivity contribution in [3.63, 3.8) is 0 Å². The molecule has 6 heteroatoms. The van der Waals surface area contributed by atoms with Crippen molar-refractivity contribution < 1.29 is 13.2 Å². The number of fused-ring (bicyclic) bond motifs is 1. The van der Waals surface area contributed by atoms with Gasteiger partial charge in [-0.2, -0.15) is 13.2 Å². The van der Waals surface area contributed by atoms with Gasteiger partial charge >= 0.3 is 6.18 Å². The number of nitrogens with one attached hydrogen (secondary N) is 2. The highest BCUT2D eigenvalue weighted by Gasteiger charge is 2.35. The van der Waals surface area contributed by atoms with E-state index in [9.17, 15) is 13.2 Å². The Kier molecular flexibility index (Phi) is 3.41. The summed E-state index contributed by atoms with van der Waals surface area (Å²) in [5.74, 6) is 0.667. The van der Waals surface area contributed by atoms with Gasteiger partial charge in [-0.3, -0.25) is 4.99 Å². The van der Waals surface area contributed by atoms with Crippen LogP contribution in [0.25, 0.3) is 0 Å². The third kappa shape index (κ3) is 2.65. The highest BCUT2D eigenvalue weighted by molar-refractivity contribution is 5.87. The van der Waals surface area contributed by atoms with Crippen LogP contribution in [0.4, 0.5) is 13.2 Å². The second kappa shape index (κ2) is 5.09. The summed E-state index contributed by atoms with van der Waals surface area (Å²) in [5.41, 5.74) is -0.296. The predicted molar refractivity (Wildman–Crippen MR) is 70.8 cm³/mol. The van der Waals surface area contributed by atoms with Crippen molar-refractivity contribution in [1.29, 1.82) is 0 Å². The number of aliphatic imine (C=N–C) groups is 1. The quantitative estimate of drug-likeness (QED) is 0.871. The van der Waals surface area contributed by atoms with Gasteiger partial charge in [0.2, 0.25) is 0 Å². The number of rotatable bonds is 2. The number of alkyl halides is 3. The van der Waals surface area contributed by atoms with Crippen molar-refractivity contribution >= 4 is 5.84 Å². The molecular formula is C14H16F3N3. The second-order valence-electron chi connectivity index (χ2n) is 5.22. The van der Waals surface area contributed by atoms with Gasteiger partial charge in [-0.15, -0.1) is 0 Å². The van der Waals surface area contributed by atoms with Gasteiger partial charge in [0.05, 0.1) is 17.6 Å². The van der Waals surface area contributed by atoms with E-state index in [0.29, 0.717) is 5.84 Å². The van der Waals surface area contributed by atoms with E-state index in [1.807, 2.05) is 0 Å². The lowest BCUT2D eigenvalue weighted by Gasteiger charge is -2.24. The normalized spacial score (nSPS) is 25.9. The second-order valence-corrected chi connectivity index (χ2v) is 5.22. The van der Waals surface area contributed by atoms with E-state index in [4.69, 9.17) is 0 Å². The highest BCUT2D eigenvalue weighted by Crippen LogP contribution is 2.32. The lowest BCUT2D eigenvalue weighted by Crippen LogP contribution is -2.48. The van der Waals surface area contributed by atoms with Gasteiger partial charge in [-0.25, -0.2) is 0 Å². The van der Waals surface area contributed by atoms with Crippen LogP contribution in [-0.2, 0) is 12.6 Å². The van der Waals surface area contributed by atoms with Gasteiger partial charge in [-0.05, 0) is 24.6 Å². The summed E-state index contributed by atoms with van der Waals surface area (Å²) >= 11 is 0. The maximum Gasteiger partial charge on any atom is 0.416 e. The number of piperidine rings is 1. The summed E-state index contributed by atoms with van der Waals surface area (Å²) in [5, 5.41) is 6.50. The standard InChI is InChI=1S/C14H16F3N3/c15-14(16,17)10-4-2-1-3-9(10)7-13-19-11-5-6-18-8-12(11)20-13/h1-4,11-12,18H,5-8H2,(H,19,20). The largest absolute Gasteiger partial charge is 0.416 e. The molecule has 0 saturated carbocycles. The molecule has 2 N–H and O–H groups in total. The molecule has 1 fully saturated rings. The van der Waals surface area contributed by atoms with Crippen molar-refractivity contribution in [3.05, 3.63) is 35.4 Å². The molecule has 2 aliphatic rings. The Hall–Kier alpha value is -1.56. The average Bonchev–Trinajstić information content (AvgIpc) is 2.80. The Balaban J connectivity index is 1.79. The zero-order valence-electron chi connectivity index (χ0n) is 10.9. The van der Waals surface area contributed by atoms with Crippen LogP contribution in [0.1, 0.15) is 17.5 Å². The van der Waals surface area contributed by atoms with E-state index in [1.54, 1.807) is 6.07 Å². The first-order valence-corrected chi connectivity index (χ1v) is 6.73. The lowest BCUT2D eigenvalue weighted by atomic mass is 10.0. The van der Waals surface area contributed by atoms with Crippen LogP contribution in [0.3, 0.4) is 0 Å². The monoisotopic (exact) mass is 283 g/mol. The van der Waals surface area contributed by atoms with Crippen LogP contribution >= 0.6 is 0 Å². The van der Waals surface area contributed by atoms with Gasteiger partial charge in [0.1, 0.15) is 5.84 Å². The van der Waals surface area contributed by atoms with Gasteiger partial charge in [0.25, 0.3) is 0 Å². The van der Waals surface area contributed by atoms with Crippen LogP contribution in [0.5, 0.6) is 0 Å². The summed E-state index contributed by atoms with van der Waals surface area (Å²) in [6.45, 7) is 1.73. The first kappa shape index (κ1) is 13.4. The SMILES string of the molecule is FC(F)(F)c1ccccc1CC1=NC2CCNCC2N1. The first-order valence-electron chi connectivity index (χ1n) is 6.73. The molecule has 3 nitrogen and oxygen atoms in total. The number of hydrogen-bond donors (Lipinski definition) is 2. The molecule has 0 bridgehead atoms. The zero-order chi connectivity index (χ0) is 14.2. The van der Waals surface area contributed by atoms with Crippen LogP contribution < -0.4 is 10.6 Å². The molecule has 0 aromatic heterocycles. The third-order valence-electron chi connectivity index (χ3n) is 3.80. The zero-order valence-corrected chi connectivity index (χ0v) is 10.9. The van der Waals surface area contributed by atoms with Crippen molar-refractivity contribution in [2.24, 2.45) is 4.99 Å². The van der Waals surface area contributed by atoms with Crippen molar-refractivity contribution in [2.75, 3.05) is 13.1 Å². The number of hydrogen-bond acceptors (Lipinski definition) is 3. The molecule has 0 amide bonds. The molecular weight excluding hydrogens is 267 g/mol. The van der Waals surface area contributed by atoms with Crippen molar-refractivity contribution in [1.82, 2.24) is 10.6 Å². The molecule has 2 heterocycles. The molecule has 2 atom stereocenters. The van der Waals surface area contributed by atoms with Gasteiger partial charge in [0.15, 0.2) is 0 Å². The van der Waals surface area contributed by atoms with E-state index >= 15 is 0 Å². The predicted octanol–water partition coefficient (Wildman–Crippen LogP) is 1.98. The van der Waals surface area contributed by atoms with E-state index < -0.39 is 11.7 Å². The minimum Gasteiger partial charge on any atom is -0.367 e. The molecule has 1 saturated heterocycles. The maximum atomic E-state index is 12.9. The van der Waals surface area contributed by atoms with Crippen LogP contribution in [0.2, 0.25) is 0 Å². The molecule has 1 aromatic rings. The highest BCUT2D eigenvalue weighted by atomic mass is 19.4. The number of nitrogens with zero attached hydrogens (tertiary/aromatic N) is 1. The van der Waals surface area contributed by atoms with Crippen molar-refractivity contribution in [2.45, 2.75) is 31.1 Å². The number of benzene rings is 1. The smallest absolute Gasteiger partial charge is 0.367 e. The molecule has 2 unspecified atom stereocenters. The summed E-state index contributed by atoms with van der Waals surface area (Å²) in [6, 6.07) is 6.11. The Labute approximate surface area is 115 Å². The molecule has 1 aromatic carbocycles. The Morgan fingerprint density at radius 2 is 2.05 bits per heavy atom. The topological polar surface area (TPSA) is 36.4 Å². The van der Waals surface area contributed by atoms with Crippen LogP contribution in [-0.4, -0.2) is 31.0 Å². The fourth-order valence-corrected chi connectivity index (χ4v) is 2.83. The van der Waals surface area contributed by atoms with Gasteiger partial charge < -0.3 is 10.6 Å². The summed E-state index contributed by atoms with van der Waals surface area (Å²) in [7, 11) is 0. The summed E-state index contributed by atoms with van der Waals surface area (Å²) in [6.07, 6.45) is -3.17. The van der Waals surface area contributed by atoms with E-state index in [1.165, 1.54) is 12.1 Å². The maximum absolute atomic E-state index is 12.9. The minimum absolute atomic E-state index is 0.198. The minimum atomic E-state index is -4.32. The van der Waals surface area contributed by atoms with E-state index in [-0.39, 0.29) is 24.1 Å². The molecule has 0 spiro atoms. The molecule has 108 valence electrons.